The van der Waals surface area contributed by atoms with E-state index in [4.69, 9.17) is 14.0 Å². The molecule has 0 radical (unpaired) electrons. The normalized spacial score (nSPS) is 16.9. The van der Waals surface area contributed by atoms with E-state index in [0.717, 1.165) is 16.8 Å². The smallest absolute Gasteiger partial charge is 0.330 e. The summed E-state index contributed by atoms with van der Waals surface area (Å²) in [6, 6.07) is 1.08. The number of hydrogen-bond acceptors (Lipinski definition) is 6. The number of methoxy groups -OCH3 is 1. The van der Waals surface area contributed by atoms with E-state index in [1.54, 1.807) is 0 Å². The van der Waals surface area contributed by atoms with Crippen LogP contribution in [-0.4, -0.2) is 60.5 Å². The van der Waals surface area contributed by atoms with Crippen LogP contribution in [-0.2, 0) is 14.0 Å². The van der Waals surface area contributed by atoms with Crippen LogP contribution in [0.4, 0.5) is 4.39 Å². The Balaban J connectivity index is 2.85. The van der Waals surface area contributed by atoms with Gasteiger partial charge in [0.2, 0.25) is 0 Å². The van der Waals surface area contributed by atoms with Gasteiger partial charge < -0.3 is 18.9 Å². The van der Waals surface area contributed by atoms with Crippen LogP contribution in [0.2, 0.25) is 0 Å². The van der Waals surface area contributed by atoms with Gasteiger partial charge in [-0.2, -0.15) is 0 Å². The lowest BCUT2D eigenvalue weighted by Gasteiger charge is -2.25. The summed E-state index contributed by atoms with van der Waals surface area (Å²) in [7, 11) is -1.31. The van der Waals surface area contributed by atoms with Gasteiger partial charge in [-0.1, -0.05) is 6.30 Å². The van der Waals surface area contributed by atoms with Crippen molar-refractivity contribution in [1.82, 2.24) is 9.55 Å². The first-order valence-electron chi connectivity index (χ1n) is 6.37. The Morgan fingerprint density at radius 2 is 2.18 bits per heavy atom. The number of nitrogens with one attached hydrogen (secondary N) is 1. The Labute approximate surface area is 126 Å². The van der Waals surface area contributed by atoms with Gasteiger partial charge in [-0.3, -0.25) is 14.3 Å². The van der Waals surface area contributed by atoms with Gasteiger partial charge in [0.15, 0.2) is 6.23 Å². The molecule has 1 rings (SSSR count). The third-order valence-corrected chi connectivity index (χ3v) is 3.24. The molecule has 0 aliphatic rings. The first-order valence-corrected chi connectivity index (χ1v) is 8.66. The maximum Gasteiger partial charge on any atom is 0.330 e. The van der Waals surface area contributed by atoms with E-state index in [2.05, 4.69) is 6.30 Å². The second-order valence-electron chi connectivity index (χ2n) is 4.69. The zero-order chi connectivity index (χ0) is 16.8. The summed E-state index contributed by atoms with van der Waals surface area (Å²) in [5.74, 6) is 0. The number of rotatable bonds is 9. The van der Waals surface area contributed by atoms with Crippen LogP contribution in [0.5, 0.6) is 0 Å². The highest BCUT2D eigenvalue weighted by Gasteiger charge is 2.21. The summed E-state index contributed by atoms with van der Waals surface area (Å²) in [4.78, 5) is 34.2. The summed E-state index contributed by atoms with van der Waals surface area (Å²) in [5, 5.41) is 0. The lowest BCUT2D eigenvalue weighted by Crippen LogP contribution is -2.37. The molecule has 1 unspecified atom stereocenters. The van der Waals surface area contributed by atoms with Crippen LogP contribution in [0.1, 0.15) is 6.23 Å². The van der Waals surface area contributed by atoms with Crippen molar-refractivity contribution in [3.63, 3.8) is 0 Å². The van der Waals surface area contributed by atoms with E-state index in [9.17, 15) is 18.9 Å². The molecule has 0 saturated heterocycles. The monoisotopic (exact) mass is 338 g/mol. The minimum atomic E-state index is -2.73. The molecule has 0 aliphatic heterocycles. The maximum absolute atomic E-state index is 13.2. The first-order chi connectivity index (χ1) is 10.3. The van der Waals surface area contributed by atoms with E-state index in [1.807, 2.05) is 4.98 Å². The van der Waals surface area contributed by atoms with E-state index in [0.29, 0.717) is 0 Å². The molecule has 1 aromatic rings. The predicted octanol–water partition coefficient (Wildman–Crippen LogP) is -0.0454. The fourth-order valence-corrected chi connectivity index (χ4v) is 2.10. The van der Waals surface area contributed by atoms with Crippen molar-refractivity contribution in [2.75, 3.05) is 33.7 Å². The molecule has 3 atom stereocenters. The van der Waals surface area contributed by atoms with Crippen molar-refractivity contribution in [2.45, 2.75) is 12.3 Å². The fraction of sp³-hybridized carbons (Fsp3) is 0.583. The molecule has 0 bridgehead atoms. The lowest BCUT2D eigenvalue weighted by molar-refractivity contribution is -0.105. The van der Waals surface area contributed by atoms with Gasteiger partial charge in [0.25, 0.3) is 5.56 Å². The zero-order valence-corrected chi connectivity index (χ0v) is 13.3. The van der Waals surface area contributed by atoms with Crippen molar-refractivity contribution < 1.29 is 23.3 Å². The zero-order valence-electron chi connectivity index (χ0n) is 12.4. The quantitative estimate of drug-likeness (QED) is 0.612. The van der Waals surface area contributed by atoms with E-state index < -0.39 is 37.6 Å². The van der Waals surface area contributed by atoms with Crippen molar-refractivity contribution in [1.29, 1.82) is 0 Å². The molecule has 0 spiro atoms. The van der Waals surface area contributed by atoms with Crippen LogP contribution in [0.15, 0.2) is 21.9 Å². The third-order valence-electron chi connectivity index (χ3n) is 2.53. The summed E-state index contributed by atoms with van der Waals surface area (Å²) < 4.78 is 29.6. The van der Waals surface area contributed by atoms with Crippen LogP contribution >= 0.6 is 7.34 Å². The maximum atomic E-state index is 13.2. The Morgan fingerprint density at radius 1 is 1.50 bits per heavy atom. The van der Waals surface area contributed by atoms with Crippen LogP contribution in [0.3, 0.4) is 0 Å². The average Bonchev–Trinajstić information content (AvgIpc) is 2.42. The number of alkyl halides is 1. The second kappa shape index (κ2) is 8.40. The highest BCUT2D eigenvalue weighted by molar-refractivity contribution is 7.62. The molecule has 126 valence electrons. The van der Waals surface area contributed by atoms with Gasteiger partial charge in [0.1, 0.15) is 20.1 Å². The Kier molecular flexibility index (Phi) is 7.18. The highest BCUT2D eigenvalue weighted by atomic mass is 31.2. The Morgan fingerprint density at radius 3 is 2.68 bits per heavy atom. The number of nitrogens with zero attached hydrogens (tertiary/aromatic N) is 1. The van der Waals surface area contributed by atoms with Gasteiger partial charge in [-0.15, -0.1) is 0 Å². The summed E-state index contributed by atoms with van der Waals surface area (Å²) in [6.45, 7) is 0.430. The predicted molar refractivity (Wildman–Crippen MR) is 81.2 cm³/mol. The molecule has 0 aliphatic carbocycles. The van der Waals surface area contributed by atoms with Gasteiger partial charge in [-0.25, -0.2) is 9.18 Å². The van der Waals surface area contributed by atoms with Crippen LogP contribution in [0, 0.1) is 0 Å². The minimum Gasteiger partial charge on any atom is -0.382 e. The molecule has 2 N–H and O–H groups in total. The first kappa shape index (κ1) is 18.8. The summed E-state index contributed by atoms with van der Waals surface area (Å²) in [5.41, 5.74) is -1.38. The van der Waals surface area contributed by atoms with E-state index >= 15 is 0 Å². The minimum absolute atomic E-state index is 0.0641. The second-order valence-corrected chi connectivity index (χ2v) is 7.05. The Hall–Kier alpha value is -1.25. The van der Waals surface area contributed by atoms with Crippen molar-refractivity contribution in [3.8, 4) is 0 Å². The number of ether oxygens (including phenoxy) is 2. The summed E-state index contributed by atoms with van der Waals surface area (Å²) >= 11 is 0. The molecule has 0 aromatic carbocycles. The van der Waals surface area contributed by atoms with Crippen molar-refractivity contribution in [3.05, 3.63) is 33.1 Å². The molecule has 1 aromatic heterocycles. The van der Waals surface area contributed by atoms with E-state index in [1.165, 1.54) is 13.8 Å². The molecule has 0 fully saturated rings. The summed E-state index contributed by atoms with van der Waals surface area (Å²) in [6.07, 6.45) is 2.63. The van der Waals surface area contributed by atoms with Gasteiger partial charge in [-0.05, 0) is 0 Å². The Bertz CT molecular complexity index is 625. The molecule has 0 amide bonds. The highest BCUT2D eigenvalue weighted by Crippen LogP contribution is 2.36. The van der Waals surface area contributed by atoms with E-state index in [-0.39, 0.29) is 13.2 Å². The number of halogens is 1. The SMILES string of the molecule is C=P(C)(O)OC[C@@H](COC)O[C@H](CF)n1ccc(=O)[nH]c1=O. The molecular weight excluding hydrogens is 318 g/mol. The molecule has 8 nitrogen and oxygen atoms in total. The van der Waals surface area contributed by atoms with Gasteiger partial charge in [0.05, 0.1) is 13.2 Å². The third kappa shape index (κ3) is 6.25. The molecule has 0 saturated carbocycles. The van der Waals surface area contributed by atoms with Crippen LogP contribution < -0.4 is 11.2 Å². The molecule has 22 heavy (non-hydrogen) atoms. The van der Waals surface area contributed by atoms with Crippen molar-refractivity contribution >= 4 is 13.6 Å². The number of aromatic amines is 1. The van der Waals surface area contributed by atoms with Gasteiger partial charge >= 0.3 is 5.69 Å². The topological polar surface area (TPSA) is 103 Å². The average molecular weight is 338 g/mol. The van der Waals surface area contributed by atoms with Crippen LogP contribution in [0.25, 0.3) is 0 Å². The molecular formula is C12H20FN2O6P. The number of hydrogen-bond donors (Lipinski definition) is 2. The number of aromatic nitrogens is 2. The lowest BCUT2D eigenvalue weighted by atomic mass is 10.4. The fourth-order valence-electron chi connectivity index (χ4n) is 1.61. The van der Waals surface area contributed by atoms with Gasteiger partial charge in [0, 0.05) is 26.0 Å². The molecule has 10 heteroatoms. The van der Waals surface area contributed by atoms with Crippen molar-refractivity contribution in [2.24, 2.45) is 0 Å². The number of H-pyrrole nitrogens is 1. The molecule has 1 heterocycles. The standard InChI is InChI=1S/C12H20FN2O6P/c1-19-7-9(8-20-22(2,3)18)21-11(6-13)15-5-4-10(16)14-12(15)17/h4-5,9,11,18H,2,6-8H2,1,3H3,(H,14,16,17)/t9-,11-,22?/m1/s1. The largest absolute Gasteiger partial charge is 0.382 e.